The third kappa shape index (κ3) is 4.65. The van der Waals surface area contributed by atoms with Crippen molar-refractivity contribution in [1.82, 2.24) is 25.4 Å². The molecule has 0 atom stereocenters. The topological polar surface area (TPSA) is 111 Å². The molecule has 0 unspecified atom stereocenters. The van der Waals surface area contributed by atoms with Gasteiger partial charge in [-0.15, -0.1) is 0 Å². The number of hydrogen-bond donors (Lipinski definition) is 2. The summed E-state index contributed by atoms with van der Waals surface area (Å²) in [5, 5.41) is 9.02. The van der Waals surface area contributed by atoms with Crippen molar-refractivity contribution >= 4 is 50.4 Å². The van der Waals surface area contributed by atoms with Gasteiger partial charge in [-0.25, -0.2) is 13.8 Å². The Labute approximate surface area is 226 Å². The largest absolute Gasteiger partial charge is 0.349 e. The van der Waals surface area contributed by atoms with E-state index in [0.29, 0.717) is 49.2 Å². The molecule has 2 aliphatic rings. The second kappa shape index (κ2) is 10.0. The normalized spacial score (nSPS) is 16.8. The highest BCUT2D eigenvalue weighted by Gasteiger charge is 2.53. The third-order valence-corrected chi connectivity index (χ3v) is 7.96. The Balaban J connectivity index is 1.33. The molecular formula is C26H27BrF2N6O3. The highest BCUT2D eigenvalue weighted by molar-refractivity contribution is 9.10. The molecule has 2 N–H and O–H groups in total. The number of halogens is 3. The number of rotatable bonds is 7. The maximum atomic E-state index is 13.9. The van der Waals surface area contributed by atoms with E-state index in [1.165, 1.54) is 4.90 Å². The average molecular weight is 589 g/mol. The number of fused-ring (bicyclic) bond motifs is 3. The van der Waals surface area contributed by atoms with Crippen molar-refractivity contribution in [2.45, 2.75) is 43.9 Å². The Morgan fingerprint density at radius 1 is 1.21 bits per heavy atom. The predicted molar refractivity (Wildman–Crippen MR) is 140 cm³/mol. The van der Waals surface area contributed by atoms with Crippen LogP contribution < -0.4 is 10.2 Å². The molecule has 38 heavy (non-hydrogen) atoms. The van der Waals surface area contributed by atoms with Crippen molar-refractivity contribution in [1.29, 1.82) is 0 Å². The van der Waals surface area contributed by atoms with E-state index in [9.17, 15) is 23.2 Å². The number of hydrogen-bond acceptors (Lipinski definition) is 5. The number of carbonyl (C=O) groups excluding carboxylic acids is 3. The molecule has 1 fully saturated rings. The van der Waals surface area contributed by atoms with Crippen molar-refractivity contribution in [2.75, 3.05) is 31.1 Å². The van der Waals surface area contributed by atoms with Crippen molar-refractivity contribution < 1.29 is 23.2 Å². The molecule has 2 aliphatic heterocycles. The van der Waals surface area contributed by atoms with Crippen molar-refractivity contribution in [2.24, 2.45) is 0 Å². The molecule has 2 aromatic heterocycles. The average Bonchev–Trinajstić information content (AvgIpc) is 3.45. The molecule has 1 aromatic carbocycles. The van der Waals surface area contributed by atoms with Crippen LogP contribution in [0.1, 0.15) is 48.7 Å². The lowest BCUT2D eigenvalue weighted by Gasteiger charge is -2.38. The van der Waals surface area contributed by atoms with Crippen molar-refractivity contribution in [3.05, 3.63) is 52.3 Å². The van der Waals surface area contributed by atoms with Gasteiger partial charge in [0.05, 0.1) is 23.7 Å². The Morgan fingerprint density at radius 3 is 2.71 bits per heavy atom. The molecule has 0 bridgehead atoms. The van der Waals surface area contributed by atoms with Gasteiger partial charge >= 0.3 is 0 Å². The van der Waals surface area contributed by atoms with E-state index in [1.54, 1.807) is 42.3 Å². The van der Waals surface area contributed by atoms with Gasteiger partial charge in [-0.05, 0) is 37.1 Å². The summed E-state index contributed by atoms with van der Waals surface area (Å²) in [6.45, 7) is 1.16. The third-order valence-electron chi connectivity index (χ3n) is 7.30. The number of pyridine rings is 1. The molecule has 4 heterocycles. The highest BCUT2D eigenvalue weighted by atomic mass is 79.9. The minimum absolute atomic E-state index is 0.231. The standard InChI is InChI=1S/C26H27BrF2N6O3/c1-2-8-26(28,29)15-30-21(36)14-35-20-5-3-4-16(27)22(20)25(24(35)38)9-11-34(12-10-25)23(37)18-7-6-17-19(32-18)13-31-33-17/h3-7,13H,2,8-12,14-15H2,1H3,(H,30,36)(H,31,33). The van der Waals surface area contributed by atoms with Crippen LogP contribution in [0.25, 0.3) is 11.0 Å². The number of H-pyrrole nitrogens is 1. The molecule has 5 rings (SSSR count). The first-order valence-corrected chi connectivity index (χ1v) is 13.3. The van der Waals surface area contributed by atoms with Crippen LogP contribution in [0.4, 0.5) is 14.5 Å². The van der Waals surface area contributed by atoms with Crippen LogP contribution in [-0.4, -0.2) is 69.9 Å². The zero-order valence-corrected chi connectivity index (χ0v) is 22.4. The molecule has 12 heteroatoms. The summed E-state index contributed by atoms with van der Waals surface area (Å²) < 4.78 is 28.5. The van der Waals surface area contributed by atoms with Crippen LogP contribution in [0.3, 0.4) is 0 Å². The molecule has 0 radical (unpaired) electrons. The molecule has 3 amide bonds. The number of amides is 3. The number of aromatic amines is 1. The van der Waals surface area contributed by atoms with Crippen molar-refractivity contribution in [3.63, 3.8) is 0 Å². The maximum Gasteiger partial charge on any atom is 0.272 e. The lowest BCUT2D eigenvalue weighted by molar-refractivity contribution is -0.128. The van der Waals surface area contributed by atoms with Crippen LogP contribution in [0.15, 0.2) is 41.0 Å². The summed E-state index contributed by atoms with van der Waals surface area (Å²) >= 11 is 3.58. The van der Waals surface area contributed by atoms with E-state index in [0.717, 1.165) is 15.6 Å². The minimum Gasteiger partial charge on any atom is -0.349 e. The fourth-order valence-electron chi connectivity index (χ4n) is 5.39. The number of aromatic nitrogens is 3. The SMILES string of the molecule is CCCC(F)(F)CNC(=O)CN1C(=O)C2(CCN(C(=O)c3ccc4[nH]ncc4n3)CC2)c2c(Br)cccc21. The number of anilines is 1. The summed E-state index contributed by atoms with van der Waals surface area (Å²) in [4.78, 5) is 47.1. The van der Waals surface area contributed by atoms with Crippen LogP contribution in [-0.2, 0) is 15.0 Å². The van der Waals surface area contributed by atoms with E-state index >= 15 is 0 Å². The van der Waals surface area contributed by atoms with Gasteiger partial charge in [-0.2, -0.15) is 5.10 Å². The fourth-order valence-corrected chi connectivity index (χ4v) is 6.13. The zero-order chi connectivity index (χ0) is 27.1. The first-order chi connectivity index (χ1) is 18.1. The van der Waals surface area contributed by atoms with Gasteiger partial charge in [0, 0.05) is 35.2 Å². The Hall–Kier alpha value is -3.41. The summed E-state index contributed by atoms with van der Waals surface area (Å²) in [6, 6.07) is 8.76. The zero-order valence-electron chi connectivity index (χ0n) is 20.8. The predicted octanol–water partition coefficient (Wildman–Crippen LogP) is 3.79. The number of alkyl halides is 2. The fraction of sp³-hybridized carbons (Fsp3) is 0.423. The molecule has 0 aliphatic carbocycles. The van der Waals surface area contributed by atoms with E-state index in [-0.39, 0.29) is 24.8 Å². The monoisotopic (exact) mass is 588 g/mol. The van der Waals surface area contributed by atoms with E-state index < -0.39 is 23.8 Å². The van der Waals surface area contributed by atoms with E-state index in [4.69, 9.17) is 0 Å². The smallest absolute Gasteiger partial charge is 0.272 e. The highest BCUT2D eigenvalue weighted by Crippen LogP contribution is 2.50. The summed E-state index contributed by atoms with van der Waals surface area (Å²) in [5.74, 6) is -4.15. The first-order valence-electron chi connectivity index (χ1n) is 12.5. The van der Waals surface area contributed by atoms with Gasteiger partial charge in [0.25, 0.3) is 11.8 Å². The maximum absolute atomic E-state index is 13.9. The molecule has 200 valence electrons. The summed E-state index contributed by atoms with van der Waals surface area (Å²) in [6.07, 6.45) is 2.24. The number of likely N-dealkylation sites (tertiary alicyclic amines) is 1. The van der Waals surface area contributed by atoms with Crippen LogP contribution in [0, 0.1) is 0 Å². The second-order valence-corrected chi connectivity index (χ2v) is 10.6. The lowest BCUT2D eigenvalue weighted by Crippen LogP contribution is -2.51. The van der Waals surface area contributed by atoms with Crippen LogP contribution in [0.5, 0.6) is 0 Å². The minimum atomic E-state index is -3.00. The number of benzene rings is 1. The molecule has 1 spiro atoms. The first kappa shape index (κ1) is 26.2. The quantitative estimate of drug-likeness (QED) is 0.436. The second-order valence-electron chi connectivity index (χ2n) is 9.78. The molecule has 3 aromatic rings. The van der Waals surface area contributed by atoms with Gasteiger partial charge in [-0.1, -0.05) is 35.3 Å². The van der Waals surface area contributed by atoms with E-state index in [2.05, 4.69) is 36.4 Å². The number of carbonyl (C=O) groups is 3. The van der Waals surface area contributed by atoms with Gasteiger partial charge < -0.3 is 15.1 Å². The molecule has 1 saturated heterocycles. The Kier molecular flexibility index (Phi) is 6.93. The summed E-state index contributed by atoms with van der Waals surface area (Å²) in [7, 11) is 0. The lowest BCUT2D eigenvalue weighted by atomic mass is 9.73. The van der Waals surface area contributed by atoms with E-state index in [1.807, 2.05) is 6.07 Å². The van der Waals surface area contributed by atoms with Gasteiger partial charge in [-0.3, -0.25) is 19.5 Å². The Morgan fingerprint density at radius 2 is 1.97 bits per heavy atom. The Bertz CT molecular complexity index is 1400. The van der Waals surface area contributed by atoms with Gasteiger partial charge in [0.15, 0.2) is 0 Å². The molecular weight excluding hydrogens is 562 g/mol. The van der Waals surface area contributed by atoms with Crippen LogP contribution >= 0.6 is 15.9 Å². The van der Waals surface area contributed by atoms with Crippen molar-refractivity contribution in [3.8, 4) is 0 Å². The van der Waals surface area contributed by atoms with Gasteiger partial charge in [0.2, 0.25) is 11.8 Å². The van der Waals surface area contributed by atoms with Crippen LogP contribution in [0.2, 0.25) is 0 Å². The summed E-state index contributed by atoms with van der Waals surface area (Å²) in [5.41, 5.74) is 2.03. The number of piperidine rings is 1. The molecule has 9 nitrogen and oxygen atoms in total. The number of nitrogens with zero attached hydrogens (tertiary/aromatic N) is 4. The molecule has 0 saturated carbocycles. The van der Waals surface area contributed by atoms with Gasteiger partial charge in [0.1, 0.15) is 17.8 Å². The number of nitrogens with one attached hydrogen (secondary N) is 2.